The van der Waals surface area contributed by atoms with Crippen LogP contribution in [-0.2, 0) is 20.9 Å². The number of alkyl halides is 1. The number of benzene rings is 2. The van der Waals surface area contributed by atoms with Crippen LogP contribution in [0.4, 0.5) is 21.8 Å². The zero-order chi connectivity index (χ0) is 46.6. The van der Waals surface area contributed by atoms with Crippen molar-refractivity contribution in [1.82, 2.24) is 40.3 Å². The fourth-order valence-electron chi connectivity index (χ4n) is 8.22. The van der Waals surface area contributed by atoms with E-state index in [0.717, 1.165) is 21.7 Å². The number of thiazole rings is 1. The maximum absolute atomic E-state index is 15.2. The summed E-state index contributed by atoms with van der Waals surface area (Å²) < 4.78 is 19.8. The summed E-state index contributed by atoms with van der Waals surface area (Å²) in [6.07, 6.45) is 0.705. The van der Waals surface area contributed by atoms with Gasteiger partial charge in [-0.05, 0) is 62.9 Å². The minimum Gasteiger partial charge on any atom is -0.495 e. The first kappa shape index (κ1) is 47.9. The maximum atomic E-state index is 15.2. The molecule has 1 unspecified atom stereocenters. The van der Waals surface area contributed by atoms with Gasteiger partial charge in [0.05, 0.1) is 41.2 Å². The van der Waals surface area contributed by atoms with Crippen LogP contribution in [0.3, 0.4) is 0 Å². The number of likely N-dealkylation sites (tertiary alicyclic amines) is 1. The van der Waals surface area contributed by atoms with Gasteiger partial charge in [-0.25, -0.2) is 14.4 Å². The lowest BCUT2D eigenvalue weighted by atomic mass is 10.00. The van der Waals surface area contributed by atoms with Gasteiger partial charge in [0.1, 0.15) is 28.7 Å². The minimum absolute atomic E-state index is 0.0288. The van der Waals surface area contributed by atoms with Gasteiger partial charge in [-0.2, -0.15) is 4.98 Å². The molecule has 0 bridgehead atoms. The number of piperazine rings is 1. The van der Waals surface area contributed by atoms with Crippen LogP contribution in [0, 0.1) is 6.92 Å². The third kappa shape index (κ3) is 11.3. The molecule has 16 nitrogen and oxygen atoms in total. The number of nitrogens with one attached hydrogen (secondary N) is 4. The summed E-state index contributed by atoms with van der Waals surface area (Å²) in [5.41, 5.74) is 3.64. The largest absolute Gasteiger partial charge is 0.495 e. The monoisotopic (exact) mass is 950 g/mol. The standard InChI is InChI=1S/C45H56ClFN10O6S2/c1-26(23-55-15-17-56(18-16-55)40(60)30-11-12-33(35(19-30)63-6)52-43-50-22-32(46)38(48-5)54-43)65-44(3,4)37(53-42(62)45(47)13-14-45)41(61)57-24-31(58)20-34(57)39(59)49-21-28-7-9-29(10-8-28)36-27(2)51-25-64-36/h7-12,19,22,25-26,31,34,37,58H,13-18,20-21,23-24H2,1-6H3,(H,49,59)(H,53,62)(H2,48,50,52,54)/t26-,31+,34?,37+/m0/s1. The molecule has 2 saturated heterocycles. The Morgan fingerprint density at radius 3 is 2.46 bits per heavy atom. The first-order chi connectivity index (χ1) is 31.0. The van der Waals surface area contributed by atoms with E-state index in [4.69, 9.17) is 16.3 Å². The molecule has 2 aromatic heterocycles. The molecule has 4 atom stereocenters. The number of ether oxygens (including phenoxy) is 1. The van der Waals surface area contributed by atoms with E-state index in [9.17, 15) is 24.3 Å². The molecule has 4 heterocycles. The van der Waals surface area contributed by atoms with Crippen LogP contribution in [0.5, 0.6) is 5.75 Å². The predicted octanol–water partition coefficient (Wildman–Crippen LogP) is 5.28. The quantitative estimate of drug-likeness (QED) is 0.0920. The van der Waals surface area contributed by atoms with Crippen molar-refractivity contribution in [3.63, 3.8) is 0 Å². The van der Waals surface area contributed by atoms with E-state index >= 15 is 4.39 Å². The van der Waals surface area contributed by atoms with E-state index in [0.29, 0.717) is 66.5 Å². The first-order valence-electron chi connectivity index (χ1n) is 21.6. The molecule has 20 heteroatoms. The number of aliphatic hydroxyl groups is 1. The molecular weight excluding hydrogens is 895 g/mol. The number of hydrogen-bond acceptors (Lipinski definition) is 14. The number of nitrogens with zero attached hydrogens (tertiary/aromatic N) is 6. The highest BCUT2D eigenvalue weighted by molar-refractivity contribution is 8.01. The number of amides is 4. The zero-order valence-corrected chi connectivity index (χ0v) is 39.7. The molecule has 5 N–H and O–H groups in total. The molecule has 1 saturated carbocycles. The lowest BCUT2D eigenvalue weighted by Crippen LogP contribution is -2.61. The number of thioether (sulfide) groups is 1. The van der Waals surface area contributed by atoms with Crippen molar-refractivity contribution in [2.45, 2.75) is 87.4 Å². The number of rotatable bonds is 17. The molecular formula is C45H56ClFN10O6S2. The van der Waals surface area contributed by atoms with Crippen molar-refractivity contribution in [2.24, 2.45) is 0 Å². The smallest absolute Gasteiger partial charge is 0.258 e. The summed E-state index contributed by atoms with van der Waals surface area (Å²) in [5.74, 6) is -0.750. The Morgan fingerprint density at radius 1 is 1.09 bits per heavy atom. The molecule has 2 aliphatic heterocycles. The van der Waals surface area contributed by atoms with Crippen LogP contribution in [0.15, 0.2) is 54.2 Å². The average molecular weight is 952 g/mol. The number of aliphatic hydroxyl groups excluding tert-OH is 1. The number of halogens is 2. The van der Waals surface area contributed by atoms with Gasteiger partial charge in [0, 0.05) is 74.8 Å². The summed E-state index contributed by atoms with van der Waals surface area (Å²) in [7, 11) is 3.23. The third-order valence-electron chi connectivity index (χ3n) is 12.0. The van der Waals surface area contributed by atoms with Crippen LogP contribution in [0.2, 0.25) is 5.02 Å². The van der Waals surface area contributed by atoms with Crippen molar-refractivity contribution < 1.29 is 33.4 Å². The van der Waals surface area contributed by atoms with Gasteiger partial charge in [-0.15, -0.1) is 23.1 Å². The summed E-state index contributed by atoms with van der Waals surface area (Å²) in [6.45, 7) is 10.6. The molecule has 1 aliphatic carbocycles. The Bertz CT molecular complexity index is 2380. The highest BCUT2D eigenvalue weighted by atomic mass is 35.5. The summed E-state index contributed by atoms with van der Waals surface area (Å²) in [4.78, 5) is 74.5. The molecule has 4 amide bonds. The topological polar surface area (TPSA) is 194 Å². The lowest BCUT2D eigenvalue weighted by Gasteiger charge is -2.40. The van der Waals surface area contributed by atoms with Gasteiger partial charge in [0.25, 0.3) is 11.8 Å². The second-order valence-electron chi connectivity index (χ2n) is 17.3. The van der Waals surface area contributed by atoms with Gasteiger partial charge in [0.15, 0.2) is 5.67 Å². The highest BCUT2D eigenvalue weighted by Gasteiger charge is 2.54. The lowest BCUT2D eigenvalue weighted by molar-refractivity contribution is -0.143. The first-order valence-corrected chi connectivity index (χ1v) is 23.7. The van der Waals surface area contributed by atoms with E-state index in [1.165, 1.54) is 30.0 Å². The number of β-amino-alcohol motifs (C(OH)–C–C–N with tert-alkyl or cyclic N) is 1. The van der Waals surface area contributed by atoms with Crippen LogP contribution in [0.1, 0.15) is 61.6 Å². The Hall–Kier alpha value is -5.08. The van der Waals surface area contributed by atoms with E-state index in [-0.39, 0.29) is 43.5 Å². The van der Waals surface area contributed by atoms with Crippen molar-refractivity contribution in [1.29, 1.82) is 0 Å². The second-order valence-corrected chi connectivity index (χ2v) is 20.6. The van der Waals surface area contributed by atoms with Crippen LogP contribution in [0.25, 0.3) is 10.4 Å². The van der Waals surface area contributed by atoms with E-state index in [1.54, 1.807) is 47.0 Å². The van der Waals surface area contributed by atoms with Crippen molar-refractivity contribution in [2.75, 3.05) is 64.1 Å². The van der Waals surface area contributed by atoms with Crippen LogP contribution < -0.4 is 26.0 Å². The normalized spacial score (nSPS) is 19.3. The number of aromatic nitrogens is 3. The predicted molar refractivity (Wildman–Crippen MR) is 252 cm³/mol. The summed E-state index contributed by atoms with van der Waals surface area (Å²) in [5, 5.41) is 22.8. The van der Waals surface area contributed by atoms with Gasteiger partial charge >= 0.3 is 0 Å². The second kappa shape index (κ2) is 20.2. The molecule has 3 fully saturated rings. The van der Waals surface area contributed by atoms with Gasteiger partial charge < -0.3 is 40.9 Å². The molecule has 7 rings (SSSR count). The highest BCUT2D eigenvalue weighted by Crippen LogP contribution is 2.41. The maximum Gasteiger partial charge on any atom is 0.258 e. The Morgan fingerprint density at radius 2 is 1.82 bits per heavy atom. The van der Waals surface area contributed by atoms with Crippen molar-refractivity contribution >= 4 is 75.8 Å². The average Bonchev–Trinajstić information content (AvgIpc) is 3.70. The van der Waals surface area contributed by atoms with Gasteiger partial charge in [-0.1, -0.05) is 42.8 Å². The Balaban J connectivity index is 0.952. The number of methoxy groups -OCH3 is 1. The Kier molecular flexibility index (Phi) is 14.9. The van der Waals surface area contributed by atoms with Crippen LogP contribution in [-0.4, -0.2) is 146 Å². The number of aryl methyl sites for hydroxylation is 1. The fraction of sp³-hybridized carbons (Fsp3) is 0.489. The number of anilines is 3. The SMILES string of the molecule is CNc1nc(Nc2ccc(C(=O)N3CCN(C[C@H](C)SC(C)(C)[C@H](NC(=O)C4(F)CC4)C(=O)N4C[C@H](O)CC4C(=O)NCc4ccc(-c5scnc5C)cc4)CC3)cc2OC)ncc1Cl. The molecule has 0 spiro atoms. The number of carbonyl (C=O) groups excluding carboxylic acids is 4. The van der Waals surface area contributed by atoms with Crippen molar-refractivity contribution in [3.8, 4) is 16.2 Å². The van der Waals surface area contributed by atoms with Crippen LogP contribution >= 0.6 is 34.7 Å². The van der Waals surface area contributed by atoms with E-state index in [2.05, 4.69) is 41.1 Å². The number of hydrogen-bond donors (Lipinski definition) is 5. The summed E-state index contributed by atoms with van der Waals surface area (Å²) >= 11 is 9.17. The summed E-state index contributed by atoms with van der Waals surface area (Å²) in [6, 6.07) is 10.8. The number of carbonyl (C=O) groups is 4. The van der Waals surface area contributed by atoms with E-state index in [1.807, 2.05) is 52.0 Å². The molecule has 4 aromatic rings. The van der Waals surface area contributed by atoms with E-state index < -0.39 is 46.3 Å². The molecule has 348 valence electrons. The zero-order valence-electron chi connectivity index (χ0n) is 37.3. The molecule has 2 aromatic carbocycles. The molecule has 3 aliphatic rings. The fourth-order valence-corrected chi connectivity index (χ4v) is 10.8. The minimum atomic E-state index is -2.04. The third-order valence-corrected chi connectivity index (χ3v) is 14.6. The Labute approximate surface area is 391 Å². The van der Waals surface area contributed by atoms with Crippen molar-refractivity contribution in [3.05, 3.63) is 76.0 Å². The van der Waals surface area contributed by atoms with Gasteiger partial charge in [0.2, 0.25) is 17.8 Å². The molecule has 0 radical (unpaired) electrons. The molecule has 65 heavy (non-hydrogen) atoms. The van der Waals surface area contributed by atoms with Gasteiger partial charge in [-0.3, -0.25) is 24.1 Å².